The molecule has 0 unspecified atom stereocenters. The van der Waals surface area contributed by atoms with Crippen LogP contribution in [0.3, 0.4) is 0 Å². The van der Waals surface area contributed by atoms with Gasteiger partial charge in [-0.1, -0.05) is 66.8 Å². The first kappa shape index (κ1) is 47.2. The molecule has 4 N–H and O–H groups in total. The Bertz CT molecular complexity index is 3200. The number of rotatable bonds is 14. The number of thiazole rings is 1. The monoisotopic (exact) mass is 973 g/mol. The van der Waals surface area contributed by atoms with Gasteiger partial charge in [-0.15, -0.1) is 0 Å². The minimum absolute atomic E-state index is 0.0615. The number of imide groups is 1. The summed E-state index contributed by atoms with van der Waals surface area (Å²) in [5, 5.41) is 24.9. The predicted molar refractivity (Wildman–Crippen MR) is 273 cm³/mol. The minimum Gasteiger partial charge on any atom is -0.493 e. The molecule has 364 valence electrons. The standard InChI is InChI=1S/C54H55N9O7S/c1-31(26-33-20-23-62(24-21-33)29-47(65)55-42-12-7-10-38-48(60-61(3)50(38)42)39-17-19-46(64)58-52(39)67)30-70-43-27-35(15-14-32(43)2)36-16-18-45(57-49(36)53(68)69)63-25-22-34-8-6-9-37(40(34)28-63)51(66)59-54-56-41-11-4-5-13-44(41)71-54/h4-16,18,27,31,33,39H,17,19-26,28-30H2,1-3H3,(H,55,65)(H,68,69)(H,56,59,66)(H,58,64,67)/t31-,39-/m1/s1. The average Bonchev–Trinajstić information content (AvgIpc) is 3.93. The number of aromatic nitrogens is 4. The van der Waals surface area contributed by atoms with E-state index in [9.17, 15) is 29.1 Å². The van der Waals surface area contributed by atoms with E-state index in [2.05, 4.69) is 37.9 Å². The molecule has 10 rings (SSSR count). The summed E-state index contributed by atoms with van der Waals surface area (Å²) in [7, 11) is 1.79. The third kappa shape index (κ3) is 10.1. The van der Waals surface area contributed by atoms with E-state index in [-0.39, 0.29) is 48.2 Å². The third-order valence-corrected chi connectivity index (χ3v) is 15.0. The number of aryl methyl sites for hydroxylation is 2. The smallest absolute Gasteiger partial charge is 0.355 e. The van der Waals surface area contributed by atoms with Crippen LogP contribution in [-0.2, 0) is 34.4 Å². The van der Waals surface area contributed by atoms with Crippen LogP contribution in [0.4, 0.5) is 16.6 Å². The lowest BCUT2D eigenvalue weighted by molar-refractivity contribution is -0.134. The highest BCUT2D eigenvalue weighted by Crippen LogP contribution is 2.36. The Morgan fingerprint density at radius 1 is 0.915 bits per heavy atom. The number of nitrogens with one attached hydrogen (secondary N) is 3. The lowest BCUT2D eigenvalue weighted by Gasteiger charge is -2.32. The number of benzene rings is 4. The maximum absolute atomic E-state index is 13.6. The highest BCUT2D eigenvalue weighted by atomic mass is 32.1. The molecule has 0 radical (unpaired) electrons. The lowest BCUT2D eigenvalue weighted by atomic mass is 9.88. The SMILES string of the molecule is Cc1ccc(-c2ccc(N3CCc4cccc(C(=O)Nc5nc6ccccc6s5)c4C3)nc2C(=O)O)cc1OC[C@H](C)CC1CCN(CC(=O)Nc2cccc3c([C@H]4CCC(=O)NC4=O)nn(C)c23)CC1. The fourth-order valence-electron chi connectivity index (χ4n) is 10.3. The van der Waals surface area contributed by atoms with Gasteiger partial charge in [0.25, 0.3) is 5.91 Å². The highest BCUT2D eigenvalue weighted by molar-refractivity contribution is 7.22. The van der Waals surface area contributed by atoms with Gasteiger partial charge in [0.2, 0.25) is 17.7 Å². The van der Waals surface area contributed by atoms with Crippen molar-refractivity contribution in [1.29, 1.82) is 0 Å². The molecule has 0 saturated carbocycles. The van der Waals surface area contributed by atoms with Crippen molar-refractivity contribution in [3.05, 3.63) is 125 Å². The quantitative estimate of drug-likeness (QED) is 0.0761. The van der Waals surface area contributed by atoms with Crippen LogP contribution in [0, 0.1) is 18.8 Å². The third-order valence-electron chi connectivity index (χ3n) is 14.0. The topological polar surface area (TPSA) is 201 Å². The predicted octanol–water partition coefficient (Wildman–Crippen LogP) is 8.34. The molecule has 3 aromatic heterocycles. The van der Waals surface area contributed by atoms with E-state index in [0.717, 1.165) is 70.2 Å². The van der Waals surface area contributed by atoms with Crippen LogP contribution in [-0.4, -0.2) is 92.1 Å². The number of carboxylic acid groups (broad SMARTS) is 1. The molecule has 6 heterocycles. The molecular weight excluding hydrogens is 919 g/mol. The molecule has 71 heavy (non-hydrogen) atoms. The number of hydrogen-bond acceptors (Lipinski definition) is 12. The summed E-state index contributed by atoms with van der Waals surface area (Å²) in [4.78, 5) is 77.7. The number of carboxylic acids is 1. The number of carbonyl (C=O) groups excluding carboxylic acids is 4. The number of nitrogens with zero attached hydrogens (tertiary/aromatic N) is 6. The van der Waals surface area contributed by atoms with E-state index in [1.807, 2.05) is 103 Å². The number of para-hydroxylation sites is 2. The van der Waals surface area contributed by atoms with Gasteiger partial charge in [0.1, 0.15) is 11.6 Å². The molecular formula is C54H55N9O7S. The number of fused-ring (bicyclic) bond motifs is 3. The summed E-state index contributed by atoms with van der Waals surface area (Å²) in [6.07, 6.45) is 4.23. The number of carbonyl (C=O) groups is 5. The van der Waals surface area contributed by atoms with Crippen LogP contribution in [0.2, 0.25) is 0 Å². The van der Waals surface area contributed by atoms with Crippen molar-refractivity contribution in [2.75, 3.05) is 48.3 Å². The van der Waals surface area contributed by atoms with Crippen LogP contribution < -0.4 is 25.6 Å². The molecule has 3 aliphatic heterocycles. The van der Waals surface area contributed by atoms with Gasteiger partial charge in [-0.05, 0) is 129 Å². The number of aromatic carboxylic acids is 1. The van der Waals surface area contributed by atoms with E-state index in [1.54, 1.807) is 11.7 Å². The molecule has 17 heteroatoms. The summed E-state index contributed by atoms with van der Waals surface area (Å²) in [5.41, 5.74) is 7.35. The number of ether oxygens (including phenoxy) is 1. The van der Waals surface area contributed by atoms with Crippen LogP contribution in [0.25, 0.3) is 32.2 Å². The minimum atomic E-state index is -1.14. The van der Waals surface area contributed by atoms with E-state index in [1.165, 1.54) is 11.3 Å². The Kier molecular flexibility index (Phi) is 13.3. The van der Waals surface area contributed by atoms with Gasteiger partial charge in [-0.3, -0.25) is 39.4 Å². The largest absolute Gasteiger partial charge is 0.493 e. The molecule has 0 spiro atoms. The molecule has 0 bridgehead atoms. The lowest BCUT2D eigenvalue weighted by Crippen LogP contribution is -2.39. The Balaban J connectivity index is 0.729. The Morgan fingerprint density at radius 2 is 1.73 bits per heavy atom. The number of anilines is 3. The fraction of sp³-hybridized carbons (Fsp3) is 0.333. The van der Waals surface area contributed by atoms with Gasteiger partial charge in [0.15, 0.2) is 10.8 Å². The van der Waals surface area contributed by atoms with E-state index in [0.29, 0.717) is 83.2 Å². The zero-order valence-electron chi connectivity index (χ0n) is 39.9. The zero-order valence-corrected chi connectivity index (χ0v) is 40.7. The Labute approximate surface area is 414 Å². The van der Waals surface area contributed by atoms with E-state index >= 15 is 0 Å². The van der Waals surface area contributed by atoms with Gasteiger partial charge in [0.05, 0.1) is 46.2 Å². The first-order chi connectivity index (χ1) is 34.3. The van der Waals surface area contributed by atoms with Gasteiger partial charge in [-0.25, -0.2) is 14.8 Å². The number of pyridine rings is 1. The molecule has 4 amide bonds. The van der Waals surface area contributed by atoms with Crippen LogP contribution in [0.5, 0.6) is 5.75 Å². The average molecular weight is 974 g/mol. The van der Waals surface area contributed by atoms with E-state index < -0.39 is 11.9 Å². The van der Waals surface area contributed by atoms with Crippen LogP contribution >= 0.6 is 11.3 Å². The molecule has 2 saturated heterocycles. The number of piperidine rings is 2. The summed E-state index contributed by atoms with van der Waals surface area (Å²) in [6, 6.07) is 28.5. The Hall–Kier alpha value is -7.50. The van der Waals surface area contributed by atoms with Crippen molar-refractivity contribution >= 4 is 78.7 Å². The molecule has 2 fully saturated rings. The van der Waals surface area contributed by atoms with Gasteiger partial charge < -0.3 is 20.1 Å². The maximum atomic E-state index is 13.6. The normalized spacial score (nSPS) is 16.9. The second kappa shape index (κ2) is 20.1. The second-order valence-corrected chi connectivity index (χ2v) is 20.1. The van der Waals surface area contributed by atoms with Crippen molar-refractivity contribution < 1.29 is 33.8 Å². The maximum Gasteiger partial charge on any atom is 0.355 e. The zero-order chi connectivity index (χ0) is 49.3. The van der Waals surface area contributed by atoms with Gasteiger partial charge >= 0.3 is 5.97 Å². The number of amides is 4. The first-order valence-electron chi connectivity index (χ1n) is 24.2. The summed E-state index contributed by atoms with van der Waals surface area (Å²) < 4.78 is 9.11. The van der Waals surface area contributed by atoms with Crippen molar-refractivity contribution in [3.63, 3.8) is 0 Å². The molecule has 7 aromatic rings. The van der Waals surface area contributed by atoms with Crippen molar-refractivity contribution in [1.82, 2.24) is 30.0 Å². The number of likely N-dealkylation sites (tertiary alicyclic amines) is 1. The molecule has 4 aromatic carbocycles. The molecule has 16 nitrogen and oxygen atoms in total. The summed E-state index contributed by atoms with van der Waals surface area (Å²) >= 11 is 1.43. The molecule has 2 atom stereocenters. The van der Waals surface area contributed by atoms with Gasteiger partial charge in [-0.2, -0.15) is 5.10 Å². The summed E-state index contributed by atoms with van der Waals surface area (Å²) in [5.74, 6) is -0.699. The van der Waals surface area contributed by atoms with Crippen LogP contribution in [0.1, 0.15) is 88.2 Å². The Morgan fingerprint density at radius 3 is 2.54 bits per heavy atom. The van der Waals surface area contributed by atoms with E-state index in [4.69, 9.17) is 9.72 Å². The van der Waals surface area contributed by atoms with Crippen molar-refractivity contribution in [2.24, 2.45) is 18.9 Å². The van der Waals surface area contributed by atoms with Crippen molar-refractivity contribution in [3.8, 4) is 16.9 Å². The fourth-order valence-corrected chi connectivity index (χ4v) is 11.2. The second-order valence-electron chi connectivity index (χ2n) is 19.0. The highest BCUT2D eigenvalue weighted by Gasteiger charge is 2.33. The molecule has 3 aliphatic rings. The number of hydrogen-bond donors (Lipinski definition) is 4. The first-order valence-corrected chi connectivity index (χ1v) is 25.0. The van der Waals surface area contributed by atoms with Crippen molar-refractivity contribution in [2.45, 2.75) is 64.8 Å². The molecule has 0 aliphatic carbocycles. The van der Waals surface area contributed by atoms with Gasteiger partial charge in [0, 0.05) is 43.1 Å². The van der Waals surface area contributed by atoms with Crippen LogP contribution in [0.15, 0.2) is 91.0 Å². The summed E-state index contributed by atoms with van der Waals surface area (Å²) in [6.45, 7) is 7.53.